The minimum Gasteiger partial charge on any atom is -0.284 e. The average molecular weight is 300 g/mol. The van der Waals surface area contributed by atoms with Gasteiger partial charge in [0.2, 0.25) is 0 Å². The molecule has 0 aliphatic heterocycles. The molecule has 0 fully saturated rings. The van der Waals surface area contributed by atoms with E-state index in [9.17, 15) is 0 Å². The van der Waals surface area contributed by atoms with Gasteiger partial charge >= 0.3 is 0 Å². The van der Waals surface area contributed by atoms with Crippen LogP contribution in [0.2, 0.25) is 0 Å². The molecule has 0 aliphatic rings. The van der Waals surface area contributed by atoms with Crippen LogP contribution in [-0.4, -0.2) is 11.8 Å². The monoisotopic (exact) mass is 300 g/mol. The van der Waals surface area contributed by atoms with E-state index in [4.69, 9.17) is 4.84 Å². The van der Waals surface area contributed by atoms with E-state index in [1.807, 2.05) is 17.3 Å². The first-order chi connectivity index (χ1) is 10.4. The number of hydroxylamine groups is 1. The minimum atomic E-state index is 0. The van der Waals surface area contributed by atoms with E-state index in [2.05, 4.69) is 60.9 Å². The Morgan fingerprint density at radius 2 is 1.50 bits per heavy atom. The summed E-state index contributed by atoms with van der Waals surface area (Å²) in [4.78, 5) is 5.83. The SMILES string of the molecule is C.CCCCON(Cc1ccccc1)NCc1ccccc1. The maximum Gasteiger partial charge on any atom is 0.0701 e. The number of hydrazine groups is 1. The van der Waals surface area contributed by atoms with Gasteiger partial charge in [0.05, 0.1) is 13.2 Å². The van der Waals surface area contributed by atoms with Gasteiger partial charge in [-0.25, -0.2) is 5.43 Å². The molecule has 0 heterocycles. The Kier molecular flexibility index (Phi) is 9.15. The number of nitrogens with one attached hydrogen (secondary N) is 1. The Morgan fingerprint density at radius 3 is 2.09 bits per heavy atom. The van der Waals surface area contributed by atoms with Crippen molar-refractivity contribution >= 4 is 0 Å². The van der Waals surface area contributed by atoms with E-state index < -0.39 is 0 Å². The smallest absolute Gasteiger partial charge is 0.0701 e. The number of nitrogens with zero attached hydrogens (tertiary/aromatic N) is 1. The van der Waals surface area contributed by atoms with E-state index >= 15 is 0 Å². The van der Waals surface area contributed by atoms with Gasteiger partial charge in [-0.15, -0.1) is 5.17 Å². The van der Waals surface area contributed by atoms with Gasteiger partial charge in [-0.2, -0.15) is 0 Å². The quantitative estimate of drug-likeness (QED) is 0.542. The fourth-order valence-corrected chi connectivity index (χ4v) is 1.99. The fraction of sp³-hybridized carbons (Fsp3) is 0.368. The van der Waals surface area contributed by atoms with Crippen molar-refractivity contribution < 1.29 is 4.84 Å². The molecule has 0 unspecified atom stereocenters. The third-order valence-corrected chi connectivity index (χ3v) is 3.22. The lowest BCUT2D eigenvalue weighted by Gasteiger charge is -2.23. The molecule has 3 nitrogen and oxygen atoms in total. The van der Waals surface area contributed by atoms with Crippen molar-refractivity contribution in [3.8, 4) is 0 Å². The van der Waals surface area contributed by atoms with Crippen molar-refractivity contribution in [1.29, 1.82) is 0 Å². The highest BCUT2D eigenvalue weighted by atomic mass is 16.7. The Morgan fingerprint density at radius 1 is 0.909 bits per heavy atom. The predicted molar refractivity (Wildman–Crippen MR) is 92.9 cm³/mol. The number of hydrogen-bond donors (Lipinski definition) is 1. The highest BCUT2D eigenvalue weighted by Crippen LogP contribution is 2.05. The molecule has 22 heavy (non-hydrogen) atoms. The molecule has 0 spiro atoms. The van der Waals surface area contributed by atoms with Crippen LogP contribution in [0, 0.1) is 0 Å². The molecule has 2 aromatic rings. The van der Waals surface area contributed by atoms with Gasteiger partial charge in [0, 0.05) is 6.54 Å². The van der Waals surface area contributed by atoms with Crippen LogP contribution in [0.1, 0.15) is 38.3 Å². The van der Waals surface area contributed by atoms with Gasteiger partial charge in [-0.3, -0.25) is 4.84 Å². The van der Waals surface area contributed by atoms with Crippen LogP contribution >= 0.6 is 0 Å². The lowest BCUT2D eigenvalue weighted by atomic mass is 10.2. The van der Waals surface area contributed by atoms with E-state index in [0.29, 0.717) is 0 Å². The van der Waals surface area contributed by atoms with Crippen molar-refractivity contribution in [1.82, 2.24) is 10.6 Å². The summed E-state index contributed by atoms with van der Waals surface area (Å²) in [5.74, 6) is 0. The lowest BCUT2D eigenvalue weighted by Crippen LogP contribution is -2.37. The zero-order valence-electron chi connectivity index (χ0n) is 12.7. The van der Waals surface area contributed by atoms with Gasteiger partial charge in [-0.05, 0) is 17.5 Å². The minimum absolute atomic E-state index is 0. The van der Waals surface area contributed by atoms with Crippen molar-refractivity contribution in [3.05, 3.63) is 71.8 Å². The van der Waals surface area contributed by atoms with Crippen molar-refractivity contribution in [2.45, 2.75) is 40.3 Å². The highest BCUT2D eigenvalue weighted by molar-refractivity contribution is 5.15. The highest BCUT2D eigenvalue weighted by Gasteiger charge is 2.06. The predicted octanol–water partition coefficient (Wildman–Crippen LogP) is 4.56. The normalized spacial score (nSPS) is 10.5. The summed E-state index contributed by atoms with van der Waals surface area (Å²) in [6.45, 7) is 4.41. The van der Waals surface area contributed by atoms with Gasteiger partial charge < -0.3 is 0 Å². The van der Waals surface area contributed by atoms with E-state index in [-0.39, 0.29) is 7.43 Å². The Bertz CT molecular complexity index is 487. The maximum absolute atomic E-state index is 5.83. The number of unbranched alkanes of at least 4 members (excludes halogenated alkanes) is 1. The van der Waals surface area contributed by atoms with E-state index in [1.54, 1.807) is 0 Å². The van der Waals surface area contributed by atoms with Crippen molar-refractivity contribution in [2.24, 2.45) is 0 Å². The molecule has 2 aromatic carbocycles. The molecule has 120 valence electrons. The summed E-state index contributed by atoms with van der Waals surface area (Å²) in [5.41, 5.74) is 5.83. The number of benzene rings is 2. The third-order valence-electron chi connectivity index (χ3n) is 3.22. The molecule has 0 saturated heterocycles. The summed E-state index contributed by atoms with van der Waals surface area (Å²) < 4.78 is 0. The Balaban J connectivity index is 0.00000242. The van der Waals surface area contributed by atoms with Gasteiger partial charge in [0.15, 0.2) is 0 Å². The van der Waals surface area contributed by atoms with Crippen LogP contribution in [0.4, 0.5) is 0 Å². The van der Waals surface area contributed by atoms with Crippen molar-refractivity contribution in [3.63, 3.8) is 0 Å². The maximum atomic E-state index is 5.83. The van der Waals surface area contributed by atoms with Gasteiger partial charge in [0.1, 0.15) is 0 Å². The molecule has 0 aliphatic carbocycles. The first-order valence-corrected chi connectivity index (χ1v) is 7.60. The molecule has 1 N–H and O–H groups in total. The summed E-state index contributed by atoms with van der Waals surface area (Å²) in [5, 5.41) is 1.85. The molecule has 0 saturated carbocycles. The van der Waals surface area contributed by atoms with Gasteiger partial charge in [-0.1, -0.05) is 81.4 Å². The van der Waals surface area contributed by atoms with E-state index in [1.165, 1.54) is 11.1 Å². The largest absolute Gasteiger partial charge is 0.284 e. The molecule has 0 aromatic heterocycles. The zero-order chi connectivity index (χ0) is 14.8. The molecule has 0 atom stereocenters. The summed E-state index contributed by atoms with van der Waals surface area (Å²) in [6, 6.07) is 20.7. The average Bonchev–Trinajstić information content (AvgIpc) is 2.54. The Hall–Kier alpha value is -1.68. The second kappa shape index (κ2) is 11.0. The molecule has 0 amide bonds. The first kappa shape index (κ1) is 18.4. The summed E-state index contributed by atoms with van der Waals surface area (Å²) in [7, 11) is 0. The topological polar surface area (TPSA) is 24.5 Å². The van der Waals surface area contributed by atoms with E-state index in [0.717, 1.165) is 32.5 Å². The molecule has 2 rings (SSSR count). The van der Waals surface area contributed by atoms with Crippen LogP contribution in [0.25, 0.3) is 0 Å². The first-order valence-electron chi connectivity index (χ1n) is 7.60. The molecule has 0 bridgehead atoms. The lowest BCUT2D eigenvalue weighted by molar-refractivity contribution is -0.205. The fourth-order valence-electron chi connectivity index (χ4n) is 1.99. The molecular formula is C19H28N2O. The second-order valence-corrected chi connectivity index (χ2v) is 5.03. The van der Waals surface area contributed by atoms with Crippen LogP contribution < -0.4 is 5.43 Å². The number of hydrogen-bond acceptors (Lipinski definition) is 3. The molecular weight excluding hydrogens is 272 g/mol. The van der Waals surface area contributed by atoms with Crippen molar-refractivity contribution in [2.75, 3.05) is 6.61 Å². The van der Waals surface area contributed by atoms with Crippen LogP contribution in [0.15, 0.2) is 60.7 Å². The van der Waals surface area contributed by atoms with Crippen LogP contribution in [0.5, 0.6) is 0 Å². The third kappa shape index (κ3) is 6.85. The second-order valence-electron chi connectivity index (χ2n) is 5.03. The zero-order valence-corrected chi connectivity index (χ0v) is 12.7. The van der Waals surface area contributed by atoms with Crippen LogP contribution in [0.3, 0.4) is 0 Å². The Labute approximate surface area is 134 Å². The van der Waals surface area contributed by atoms with Crippen LogP contribution in [-0.2, 0) is 17.9 Å². The number of rotatable bonds is 9. The van der Waals surface area contributed by atoms with Gasteiger partial charge in [0.25, 0.3) is 0 Å². The molecule has 0 radical (unpaired) electrons. The molecule has 3 heteroatoms. The standard InChI is InChI=1S/C18H24N2O.CH4/c1-2-3-14-21-20(16-18-12-8-5-9-13-18)19-15-17-10-6-4-7-11-17;/h4-13,19H,2-3,14-16H2,1H3;1H4. The summed E-state index contributed by atoms with van der Waals surface area (Å²) >= 11 is 0. The summed E-state index contributed by atoms with van der Waals surface area (Å²) in [6.07, 6.45) is 2.20.